The molecule has 0 spiro atoms. The van der Waals surface area contributed by atoms with Crippen molar-refractivity contribution in [2.45, 2.75) is 45.3 Å². The van der Waals surface area contributed by atoms with Gasteiger partial charge in [0, 0.05) is 19.0 Å². The van der Waals surface area contributed by atoms with E-state index in [9.17, 15) is 9.59 Å². The van der Waals surface area contributed by atoms with Crippen LogP contribution in [0.2, 0.25) is 0 Å². The normalized spacial score (nSPS) is 19.7. The Balaban J connectivity index is 1.55. The Hall–Kier alpha value is -2.86. The lowest BCUT2D eigenvalue weighted by atomic mass is 9.82. The van der Waals surface area contributed by atoms with Crippen molar-refractivity contribution in [3.8, 4) is 5.75 Å². The van der Waals surface area contributed by atoms with Crippen molar-refractivity contribution in [3.05, 3.63) is 65.7 Å². The van der Waals surface area contributed by atoms with Crippen molar-refractivity contribution in [1.82, 2.24) is 5.06 Å². The molecule has 1 aliphatic rings. The summed E-state index contributed by atoms with van der Waals surface area (Å²) in [4.78, 5) is 28.9. The molecule has 30 heavy (non-hydrogen) atoms. The summed E-state index contributed by atoms with van der Waals surface area (Å²) in [6.07, 6.45) is 0.899. The highest BCUT2D eigenvalue weighted by Crippen LogP contribution is 2.33. The SMILES string of the molecule is CC(C)(C)OC(=O)ON1CCC(c2ccc(OCc3ccccc3)cc2)C(C=O)C1. The van der Waals surface area contributed by atoms with Crippen LogP contribution < -0.4 is 4.74 Å². The quantitative estimate of drug-likeness (QED) is 0.505. The highest BCUT2D eigenvalue weighted by atomic mass is 16.8. The van der Waals surface area contributed by atoms with Crippen LogP contribution in [0.4, 0.5) is 4.79 Å². The van der Waals surface area contributed by atoms with Crippen molar-refractivity contribution < 1.29 is 23.9 Å². The van der Waals surface area contributed by atoms with Gasteiger partial charge in [0.15, 0.2) is 0 Å². The standard InChI is InChI=1S/C24H29NO5/c1-24(2,3)29-23(27)30-25-14-13-22(20(15-25)16-26)19-9-11-21(12-10-19)28-17-18-7-5-4-6-8-18/h4-12,16,20,22H,13-15,17H2,1-3H3. The van der Waals surface area contributed by atoms with Gasteiger partial charge in [-0.05, 0) is 56.4 Å². The Morgan fingerprint density at radius 1 is 1.10 bits per heavy atom. The molecule has 1 saturated heterocycles. The van der Waals surface area contributed by atoms with E-state index >= 15 is 0 Å². The van der Waals surface area contributed by atoms with Gasteiger partial charge in [-0.3, -0.25) is 0 Å². The molecule has 0 aromatic heterocycles. The van der Waals surface area contributed by atoms with E-state index in [2.05, 4.69) is 0 Å². The molecule has 2 aromatic carbocycles. The maximum atomic E-state index is 11.9. The van der Waals surface area contributed by atoms with Gasteiger partial charge in [-0.15, -0.1) is 5.06 Å². The van der Waals surface area contributed by atoms with Crippen LogP contribution in [-0.4, -0.2) is 36.2 Å². The third-order valence-electron chi connectivity index (χ3n) is 4.95. The third kappa shape index (κ3) is 6.32. The summed E-state index contributed by atoms with van der Waals surface area (Å²) in [6.45, 7) is 6.74. The molecule has 2 aromatic rings. The molecule has 1 aliphatic heterocycles. The molecular weight excluding hydrogens is 382 g/mol. The van der Waals surface area contributed by atoms with E-state index in [1.54, 1.807) is 20.8 Å². The minimum atomic E-state index is -0.745. The predicted molar refractivity (Wildman–Crippen MR) is 113 cm³/mol. The summed E-state index contributed by atoms with van der Waals surface area (Å²) in [5, 5.41) is 1.51. The van der Waals surface area contributed by atoms with E-state index in [0.717, 1.165) is 23.2 Å². The average molecular weight is 411 g/mol. The summed E-state index contributed by atoms with van der Waals surface area (Å²) >= 11 is 0. The van der Waals surface area contributed by atoms with Gasteiger partial charge in [-0.25, -0.2) is 4.79 Å². The summed E-state index contributed by atoms with van der Waals surface area (Å²) in [6, 6.07) is 17.9. The summed E-state index contributed by atoms with van der Waals surface area (Å²) in [5.41, 5.74) is 1.57. The molecule has 1 heterocycles. The third-order valence-corrected chi connectivity index (χ3v) is 4.95. The number of benzene rings is 2. The van der Waals surface area contributed by atoms with Crippen molar-refractivity contribution in [1.29, 1.82) is 0 Å². The number of carbonyl (C=O) groups is 2. The van der Waals surface area contributed by atoms with E-state index < -0.39 is 11.8 Å². The molecule has 2 unspecified atom stereocenters. The molecule has 6 nitrogen and oxygen atoms in total. The first-order valence-electron chi connectivity index (χ1n) is 10.2. The summed E-state index contributed by atoms with van der Waals surface area (Å²) < 4.78 is 11.0. The fourth-order valence-corrected chi connectivity index (χ4v) is 3.51. The van der Waals surface area contributed by atoms with Gasteiger partial charge in [0.05, 0.1) is 0 Å². The topological polar surface area (TPSA) is 65.1 Å². The van der Waals surface area contributed by atoms with E-state index in [0.29, 0.717) is 26.1 Å². The van der Waals surface area contributed by atoms with Gasteiger partial charge in [0.1, 0.15) is 24.2 Å². The lowest BCUT2D eigenvalue weighted by Crippen LogP contribution is -2.42. The highest BCUT2D eigenvalue weighted by Gasteiger charge is 2.33. The number of hydrogen-bond acceptors (Lipinski definition) is 6. The Bertz CT molecular complexity index is 829. The van der Waals surface area contributed by atoms with Crippen molar-refractivity contribution >= 4 is 12.4 Å². The van der Waals surface area contributed by atoms with E-state index in [-0.39, 0.29) is 11.8 Å². The first kappa shape index (κ1) is 21.8. The molecule has 0 amide bonds. The van der Waals surface area contributed by atoms with Crippen LogP contribution in [0.15, 0.2) is 54.6 Å². The van der Waals surface area contributed by atoms with Gasteiger partial charge in [-0.1, -0.05) is 42.5 Å². The first-order valence-corrected chi connectivity index (χ1v) is 10.2. The van der Waals surface area contributed by atoms with Gasteiger partial charge in [0.2, 0.25) is 0 Å². The van der Waals surface area contributed by atoms with Gasteiger partial charge < -0.3 is 19.1 Å². The van der Waals surface area contributed by atoms with Crippen molar-refractivity contribution in [3.63, 3.8) is 0 Å². The summed E-state index contributed by atoms with van der Waals surface area (Å²) in [5.74, 6) is 0.595. The molecule has 3 rings (SSSR count). The Labute approximate surface area is 177 Å². The minimum Gasteiger partial charge on any atom is -0.489 e. The Morgan fingerprint density at radius 2 is 1.80 bits per heavy atom. The Morgan fingerprint density at radius 3 is 2.43 bits per heavy atom. The zero-order valence-corrected chi connectivity index (χ0v) is 17.7. The van der Waals surface area contributed by atoms with Gasteiger partial charge in [0.25, 0.3) is 0 Å². The number of rotatable bonds is 6. The molecular formula is C24H29NO5. The molecule has 0 bridgehead atoms. The lowest BCUT2D eigenvalue weighted by molar-refractivity contribution is -0.163. The van der Waals surface area contributed by atoms with E-state index in [1.807, 2.05) is 54.6 Å². The Kier molecular flexibility index (Phi) is 7.11. The molecule has 6 heteroatoms. The number of nitrogens with zero attached hydrogens (tertiary/aromatic N) is 1. The fraction of sp³-hybridized carbons (Fsp3) is 0.417. The van der Waals surface area contributed by atoms with Crippen LogP contribution in [0.5, 0.6) is 5.75 Å². The molecule has 0 saturated carbocycles. The number of piperidine rings is 1. The number of aldehydes is 1. The van der Waals surface area contributed by atoms with Gasteiger partial charge >= 0.3 is 6.16 Å². The average Bonchev–Trinajstić information content (AvgIpc) is 2.72. The second-order valence-electron chi connectivity index (χ2n) is 8.48. The number of hydroxylamine groups is 2. The van der Waals surface area contributed by atoms with Crippen molar-refractivity contribution in [2.75, 3.05) is 13.1 Å². The monoisotopic (exact) mass is 411 g/mol. The smallest absolute Gasteiger partial charge is 0.489 e. The zero-order valence-electron chi connectivity index (χ0n) is 17.7. The second-order valence-corrected chi connectivity index (χ2v) is 8.48. The van der Waals surface area contributed by atoms with E-state index in [1.165, 1.54) is 5.06 Å². The molecule has 0 radical (unpaired) electrons. The number of ether oxygens (including phenoxy) is 2. The van der Waals surface area contributed by atoms with Crippen LogP contribution >= 0.6 is 0 Å². The predicted octanol–water partition coefficient (Wildman–Crippen LogP) is 4.74. The highest BCUT2D eigenvalue weighted by molar-refractivity contribution is 5.60. The number of carbonyl (C=O) groups excluding carboxylic acids is 2. The van der Waals surface area contributed by atoms with Crippen LogP contribution in [-0.2, 0) is 21.0 Å². The van der Waals surface area contributed by atoms with Crippen LogP contribution in [0, 0.1) is 5.92 Å². The fourth-order valence-electron chi connectivity index (χ4n) is 3.51. The summed E-state index contributed by atoms with van der Waals surface area (Å²) in [7, 11) is 0. The molecule has 2 atom stereocenters. The minimum absolute atomic E-state index is 0.0733. The van der Waals surface area contributed by atoms with Crippen LogP contribution in [0.3, 0.4) is 0 Å². The second kappa shape index (κ2) is 9.76. The maximum Gasteiger partial charge on any atom is 0.528 e. The molecule has 160 valence electrons. The van der Waals surface area contributed by atoms with Crippen molar-refractivity contribution in [2.24, 2.45) is 5.92 Å². The number of hydrogen-bond donors (Lipinski definition) is 0. The largest absolute Gasteiger partial charge is 0.528 e. The zero-order chi connectivity index (χ0) is 21.6. The molecule has 0 aliphatic carbocycles. The molecule has 1 fully saturated rings. The first-order chi connectivity index (χ1) is 14.3. The van der Waals surface area contributed by atoms with Crippen LogP contribution in [0.25, 0.3) is 0 Å². The maximum absolute atomic E-state index is 11.9. The van der Waals surface area contributed by atoms with Gasteiger partial charge in [-0.2, -0.15) is 0 Å². The van der Waals surface area contributed by atoms with Crippen LogP contribution in [0.1, 0.15) is 44.2 Å². The molecule has 0 N–H and O–H groups in total. The van der Waals surface area contributed by atoms with E-state index in [4.69, 9.17) is 14.3 Å². The lowest BCUT2D eigenvalue weighted by Gasteiger charge is -2.35.